The maximum atomic E-state index is 4.41. The minimum absolute atomic E-state index is 0.730. The normalized spacial score (nSPS) is 26.2. The molecule has 1 N–H and O–H groups in total. The molecular weight excluding hydrogens is 230 g/mol. The average Bonchev–Trinajstić information content (AvgIpc) is 3.05. The van der Waals surface area contributed by atoms with Crippen molar-refractivity contribution in [1.82, 2.24) is 15.2 Å². The van der Waals surface area contributed by atoms with Crippen LogP contribution in [0.3, 0.4) is 0 Å². The second kappa shape index (κ2) is 5.46. The van der Waals surface area contributed by atoms with Crippen molar-refractivity contribution in [2.75, 3.05) is 13.1 Å². The topological polar surface area (TPSA) is 28.2 Å². The van der Waals surface area contributed by atoms with E-state index in [1.54, 1.807) is 11.3 Å². The number of hydrogen-bond acceptors (Lipinski definition) is 4. The van der Waals surface area contributed by atoms with Gasteiger partial charge in [-0.25, -0.2) is 4.98 Å². The van der Waals surface area contributed by atoms with Gasteiger partial charge in [0.2, 0.25) is 0 Å². The Morgan fingerprint density at radius 1 is 1.35 bits per heavy atom. The van der Waals surface area contributed by atoms with Crippen LogP contribution in [0.15, 0.2) is 11.6 Å². The molecule has 0 amide bonds. The smallest absolute Gasteiger partial charge is 0.107 e. The van der Waals surface area contributed by atoms with Crippen LogP contribution in [0.25, 0.3) is 0 Å². The van der Waals surface area contributed by atoms with Gasteiger partial charge in [-0.05, 0) is 32.2 Å². The molecule has 3 rings (SSSR count). The lowest BCUT2D eigenvalue weighted by Crippen LogP contribution is -2.45. The molecule has 1 aliphatic heterocycles. The maximum absolute atomic E-state index is 4.41. The van der Waals surface area contributed by atoms with Crippen molar-refractivity contribution in [3.8, 4) is 0 Å². The van der Waals surface area contributed by atoms with E-state index in [9.17, 15) is 0 Å². The van der Waals surface area contributed by atoms with E-state index in [0.717, 1.165) is 18.6 Å². The fourth-order valence-corrected chi connectivity index (χ4v) is 3.24. The number of thiazole rings is 1. The first-order valence-electron chi connectivity index (χ1n) is 6.77. The third-order valence-corrected chi connectivity index (χ3v) is 4.55. The molecule has 1 aliphatic carbocycles. The standard InChI is InChI=1S/C13H21N3S/c1-2-7-16(10-13-14-6-8-17-13)12(3-1)9-15-11-4-5-11/h6,8,11-12,15H,1-5,7,9-10H2. The monoisotopic (exact) mass is 251 g/mol. The van der Waals surface area contributed by atoms with Crippen molar-refractivity contribution in [1.29, 1.82) is 0 Å². The second-order valence-electron chi connectivity index (χ2n) is 5.23. The molecule has 1 aromatic rings. The Hall–Kier alpha value is -0.450. The Bertz CT molecular complexity index is 334. The van der Waals surface area contributed by atoms with Crippen molar-refractivity contribution in [3.05, 3.63) is 16.6 Å². The highest BCUT2D eigenvalue weighted by Gasteiger charge is 2.26. The van der Waals surface area contributed by atoms with E-state index in [2.05, 4.69) is 20.6 Å². The Morgan fingerprint density at radius 2 is 2.29 bits per heavy atom. The Balaban J connectivity index is 1.54. The van der Waals surface area contributed by atoms with Crippen LogP contribution in [-0.2, 0) is 6.54 Å². The van der Waals surface area contributed by atoms with Gasteiger partial charge in [0.05, 0.1) is 6.54 Å². The summed E-state index contributed by atoms with van der Waals surface area (Å²) in [5.74, 6) is 0. The van der Waals surface area contributed by atoms with Gasteiger partial charge in [-0.1, -0.05) is 6.42 Å². The van der Waals surface area contributed by atoms with Crippen molar-refractivity contribution in [3.63, 3.8) is 0 Å². The van der Waals surface area contributed by atoms with Gasteiger partial charge in [0.25, 0.3) is 0 Å². The van der Waals surface area contributed by atoms with E-state index in [1.807, 2.05) is 6.20 Å². The fraction of sp³-hybridized carbons (Fsp3) is 0.769. The molecule has 3 nitrogen and oxygen atoms in total. The summed E-state index contributed by atoms with van der Waals surface area (Å²) >= 11 is 1.78. The lowest BCUT2D eigenvalue weighted by atomic mass is 10.0. The van der Waals surface area contributed by atoms with Gasteiger partial charge in [0.15, 0.2) is 0 Å². The molecule has 4 heteroatoms. The van der Waals surface area contributed by atoms with Crippen LogP contribution in [0.1, 0.15) is 37.1 Å². The number of nitrogens with one attached hydrogen (secondary N) is 1. The molecule has 0 aromatic carbocycles. The highest BCUT2D eigenvalue weighted by molar-refractivity contribution is 7.09. The minimum atomic E-state index is 0.730. The number of hydrogen-bond donors (Lipinski definition) is 1. The number of piperidine rings is 1. The Labute approximate surface area is 107 Å². The van der Waals surface area contributed by atoms with Crippen molar-refractivity contribution in [2.24, 2.45) is 0 Å². The molecule has 2 fully saturated rings. The van der Waals surface area contributed by atoms with Crippen LogP contribution in [0.5, 0.6) is 0 Å². The van der Waals surface area contributed by atoms with Gasteiger partial charge in [-0.3, -0.25) is 4.90 Å². The molecule has 0 radical (unpaired) electrons. The minimum Gasteiger partial charge on any atom is -0.312 e. The zero-order chi connectivity index (χ0) is 11.5. The molecule has 1 saturated carbocycles. The molecule has 17 heavy (non-hydrogen) atoms. The van der Waals surface area contributed by atoms with Gasteiger partial charge in [0, 0.05) is 30.2 Å². The lowest BCUT2D eigenvalue weighted by Gasteiger charge is -2.35. The van der Waals surface area contributed by atoms with Gasteiger partial charge in [0.1, 0.15) is 5.01 Å². The molecule has 1 unspecified atom stereocenters. The van der Waals surface area contributed by atoms with Crippen LogP contribution in [-0.4, -0.2) is 35.1 Å². The third kappa shape index (κ3) is 3.27. The second-order valence-corrected chi connectivity index (χ2v) is 6.21. The number of aromatic nitrogens is 1. The predicted molar refractivity (Wildman–Crippen MR) is 71.2 cm³/mol. The van der Waals surface area contributed by atoms with E-state index in [-0.39, 0.29) is 0 Å². The lowest BCUT2D eigenvalue weighted by molar-refractivity contribution is 0.137. The SMILES string of the molecule is c1csc(CN2CCCCC2CNC2CC2)n1. The van der Waals surface area contributed by atoms with Crippen LogP contribution in [0, 0.1) is 0 Å². The van der Waals surface area contributed by atoms with Crippen LogP contribution >= 0.6 is 11.3 Å². The number of likely N-dealkylation sites (tertiary alicyclic amines) is 1. The quantitative estimate of drug-likeness (QED) is 0.870. The van der Waals surface area contributed by atoms with E-state index >= 15 is 0 Å². The first-order chi connectivity index (χ1) is 8.42. The first-order valence-corrected chi connectivity index (χ1v) is 7.65. The first kappa shape index (κ1) is 11.6. The molecule has 1 saturated heterocycles. The van der Waals surface area contributed by atoms with E-state index in [4.69, 9.17) is 0 Å². The summed E-state index contributed by atoms with van der Waals surface area (Å²) in [6, 6.07) is 1.56. The Morgan fingerprint density at radius 3 is 3.06 bits per heavy atom. The summed E-state index contributed by atoms with van der Waals surface area (Å²) in [4.78, 5) is 7.03. The van der Waals surface area contributed by atoms with Crippen LogP contribution < -0.4 is 5.32 Å². The van der Waals surface area contributed by atoms with Crippen LogP contribution in [0.2, 0.25) is 0 Å². The molecule has 2 aliphatic rings. The highest BCUT2D eigenvalue weighted by atomic mass is 32.1. The summed E-state index contributed by atoms with van der Waals surface area (Å²) in [5.41, 5.74) is 0. The predicted octanol–water partition coefficient (Wildman–Crippen LogP) is 2.25. The van der Waals surface area contributed by atoms with E-state index in [1.165, 1.54) is 50.2 Å². The number of rotatable bonds is 5. The molecule has 1 atom stereocenters. The largest absolute Gasteiger partial charge is 0.312 e. The zero-order valence-corrected chi connectivity index (χ0v) is 11.1. The van der Waals surface area contributed by atoms with Crippen LogP contribution in [0.4, 0.5) is 0 Å². The van der Waals surface area contributed by atoms with E-state index in [0.29, 0.717) is 0 Å². The Kier molecular flexibility index (Phi) is 3.74. The zero-order valence-electron chi connectivity index (χ0n) is 10.3. The fourth-order valence-electron chi connectivity index (χ4n) is 2.59. The summed E-state index contributed by atoms with van der Waals surface area (Å²) in [6.07, 6.45) is 8.79. The van der Waals surface area contributed by atoms with Gasteiger partial charge < -0.3 is 5.32 Å². The van der Waals surface area contributed by atoms with Crippen molar-refractivity contribution in [2.45, 2.75) is 50.7 Å². The molecular formula is C13H21N3S. The third-order valence-electron chi connectivity index (χ3n) is 3.79. The summed E-state index contributed by atoms with van der Waals surface area (Å²) in [7, 11) is 0. The molecule has 2 heterocycles. The van der Waals surface area contributed by atoms with Gasteiger partial charge >= 0.3 is 0 Å². The maximum Gasteiger partial charge on any atom is 0.107 e. The summed E-state index contributed by atoms with van der Waals surface area (Å²) in [5, 5.41) is 7.02. The molecule has 94 valence electrons. The highest BCUT2D eigenvalue weighted by Crippen LogP contribution is 2.22. The van der Waals surface area contributed by atoms with Gasteiger partial charge in [-0.15, -0.1) is 11.3 Å². The summed E-state index contributed by atoms with van der Waals surface area (Å²) in [6.45, 7) is 3.47. The number of nitrogens with zero attached hydrogens (tertiary/aromatic N) is 2. The molecule has 0 bridgehead atoms. The molecule has 0 spiro atoms. The summed E-state index contributed by atoms with van der Waals surface area (Å²) < 4.78 is 0. The van der Waals surface area contributed by atoms with Gasteiger partial charge in [-0.2, -0.15) is 0 Å². The molecule has 1 aromatic heterocycles. The van der Waals surface area contributed by atoms with Crippen molar-refractivity contribution >= 4 is 11.3 Å². The average molecular weight is 251 g/mol. The van der Waals surface area contributed by atoms with Crippen molar-refractivity contribution < 1.29 is 0 Å². The van der Waals surface area contributed by atoms with E-state index < -0.39 is 0 Å².